The van der Waals surface area contributed by atoms with Crippen molar-refractivity contribution in [2.24, 2.45) is 0 Å². The molecule has 1 heterocycles. The van der Waals surface area contributed by atoms with E-state index in [1.165, 1.54) is 47.7 Å². The largest absolute Gasteiger partial charge is 0.573 e. The molecule has 3 aromatic rings. The molecule has 0 atom stereocenters. The first-order valence-corrected chi connectivity index (χ1v) is 9.29. The molecule has 0 spiro atoms. The highest BCUT2D eigenvalue weighted by molar-refractivity contribution is 7.12. The molecule has 0 saturated carbocycles. The average molecular weight is 441 g/mol. The number of hydrogen-bond acceptors (Lipinski definition) is 4. The molecule has 5 nitrogen and oxygen atoms in total. The third kappa shape index (κ3) is 5.49. The lowest BCUT2D eigenvalue weighted by Gasteiger charge is -2.14. The second kappa shape index (κ2) is 8.54. The lowest BCUT2D eigenvalue weighted by Crippen LogP contribution is -2.19. The molecule has 0 unspecified atom stereocenters. The van der Waals surface area contributed by atoms with Crippen LogP contribution in [-0.4, -0.2) is 18.2 Å². The fourth-order valence-electron chi connectivity index (χ4n) is 2.33. The van der Waals surface area contributed by atoms with Gasteiger partial charge in [0.2, 0.25) is 0 Å². The summed E-state index contributed by atoms with van der Waals surface area (Å²) in [5, 5.41) is 6.90. The molecule has 0 radical (unpaired) electrons. The van der Waals surface area contributed by atoms with E-state index >= 15 is 0 Å². The molecule has 1 aromatic heterocycles. The molecule has 0 saturated heterocycles. The molecular formula is C19H12ClF3N2O3S. The summed E-state index contributed by atoms with van der Waals surface area (Å²) < 4.78 is 41.5. The van der Waals surface area contributed by atoms with Crippen molar-refractivity contribution in [3.8, 4) is 5.75 Å². The molecule has 29 heavy (non-hydrogen) atoms. The number of amides is 2. The van der Waals surface area contributed by atoms with Gasteiger partial charge in [0.25, 0.3) is 11.8 Å². The maximum absolute atomic E-state index is 12.5. The highest BCUT2D eigenvalue weighted by Crippen LogP contribution is 2.31. The second-order valence-corrected chi connectivity index (χ2v) is 6.98. The van der Waals surface area contributed by atoms with Gasteiger partial charge in [-0.1, -0.05) is 29.8 Å². The van der Waals surface area contributed by atoms with Crippen molar-refractivity contribution in [3.63, 3.8) is 0 Å². The summed E-state index contributed by atoms with van der Waals surface area (Å²) in [5.74, 6) is -1.65. The van der Waals surface area contributed by atoms with Crippen LogP contribution in [0.15, 0.2) is 60.0 Å². The zero-order valence-electron chi connectivity index (χ0n) is 14.4. The van der Waals surface area contributed by atoms with E-state index in [4.69, 9.17) is 11.6 Å². The Bertz CT molecular complexity index is 1040. The van der Waals surface area contributed by atoms with Gasteiger partial charge < -0.3 is 15.4 Å². The minimum Gasteiger partial charge on any atom is -0.404 e. The third-order valence-corrected chi connectivity index (χ3v) is 4.78. The number of benzene rings is 2. The van der Waals surface area contributed by atoms with Crippen molar-refractivity contribution in [2.75, 3.05) is 10.6 Å². The first-order valence-electron chi connectivity index (χ1n) is 8.03. The molecule has 10 heteroatoms. The predicted octanol–water partition coefficient (Wildman–Crippen LogP) is 5.80. The first-order chi connectivity index (χ1) is 13.7. The van der Waals surface area contributed by atoms with E-state index in [1.54, 1.807) is 17.5 Å². The number of para-hydroxylation sites is 2. The van der Waals surface area contributed by atoms with E-state index in [1.807, 2.05) is 0 Å². The van der Waals surface area contributed by atoms with Gasteiger partial charge in [-0.15, -0.1) is 24.5 Å². The van der Waals surface area contributed by atoms with Crippen LogP contribution in [0.3, 0.4) is 0 Å². The maximum Gasteiger partial charge on any atom is 0.573 e. The van der Waals surface area contributed by atoms with E-state index in [9.17, 15) is 22.8 Å². The van der Waals surface area contributed by atoms with Gasteiger partial charge in [0.15, 0.2) is 5.75 Å². The van der Waals surface area contributed by atoms with Gasteiger partial charge in [-0.3, -0.25) is 9.59 Å². The smallest absolute Gasteiger partial charge is 0.404 e. The average Bonchev–Trinajstić information content (AvgIpc) is 3.19. The number of alkyl halides is 3. The monoisotopic (exact) mass is 440 g/mol. The number of ether oxygens (including phenoxy) is 1. The molecule has 0 aliphatic heterocycles. The van der Waals surface area contributed by atoms with Crippen LogP contribution in [0.4, 0.5) is 24.5 Å². The number of carbonyl (C=O) groups excluding carboxylic acids is 2. The normalized spacial score (nSPS) is 11.0. The van der Waals surface area contributed by atoms with E-state index < -0.39 is 23.9 Å². The zero-order chi connectivity index (χ0) is 21.0. The van der Waals surface area contributed by atoms with Crippen LogP contribution in [0.25, 0.3) is 0 Å². The lowest BCUT2D eigenvalue weighted by atomic mass is 10.1. The van der Waals surface area contributed by atoms with E-state index in [2.05, 4.69) is 15.4 Å². The summed E-state index contributed by atoms with van der Waals surface area (Å²) in [6.07, 6.45) is -4.90. The fraction of sp³-hybridized carbons (Fsp3) is 0.0526. The van der Waals surface area contributed by atoms with E-state index in [0.717, 1.165) is 6.07 Å². The molecular weight excluding hydrogens is 429 g/mol. The maximum atomic E-state index is 12.5. The van der Waals surface area contributed by atoms with Gasteiger partial charge in [0.05, 0.1) is 21.3 Å². The summed E-state index contributed by atoms with van der Waals surface area (Å²) >= 11 is 7.31. The molecule has 0 bridgehead atoms. The fourth-order valence-corrected chi connectivity index (χ4v) is 3.12. The molecule has 0 fully saturated rings. The molecule has 0 aliphatic rings. The van der Waals surface area contributed by atoms with E-state index in [-0.39, 0.29) is 22.0 Å². The Morgan fingerprint density at radius 3 is 2.34 bits per heavy atom. The number of nitrogens with one attached hydrogen (secondary N) is 2. The van der Waals surface area contributed by atoms with Crippen LogP contribution in [-0.2, 0) is 0 Å². The predicted molar refractivity (Wildman–Crippen MR) is 105 cm³/mol. The third-order valence-electron chi connectivity index (χ3n) is 3.58. The van der Waals surface area contributed by atoms with Crippen molar-refractivity contribution in [2.45, 2.75) is 6.36 Å². The van der Waals surface area contributed by atoms with Crippen molar-refractivity contribution >= 4 is 46.1 Å². The zero-order valence-corrected chi connectivity index (χ0v) is 16.0. The van der Waals surface area contributed by atoms with E-state index in [0.29, 0.717) is 4.88 Å². The Kier molecular flexibility index (Phi) is 6.09. The van der Waals surface area contributed by atoms with Gasteiger partial charge in [0.1, 0.15) is 0 Å². The summed E-state index contributed by atoms with van der Waals surface area (Å²) in [5.41, 5.74) is 0.115. The van der Waals surface area contributed by atoms with Crippen molar-refractivity contribution in [3.05, 3.63) is 75.4 Å². The van der Waals surface area contributed by atoms with Crippen LogP contribution in [0.1, 0.15) is 20.0 Å². The van der Waals surface area contributed by atoms with Crippen LogP contribution in [0, 0.1) is 0 Å². The second-order valence-electron chi connectivity index (χ2n) is 5.62. The van der Waals surface area contributed by atoms with Crippen LogP contribution in [0.5, 0.6) is 5.75 Å². The van der Waals surface area contributed by atoms with Crippen molar-refractivity contribution in [1.29, 1.82) is 0 Å². The topological polar surface area (TPSA) is 67.4 Å². The molecule has 3 rings (SSSR count). The Balaban J connectivity index is 1.79. The number of hydrogen-bond donors (Lipinski definition) is 2. The number of halogens is 4. The van der Waals surface area contributed by atoms with Crippen molar-refractivity contribution in [1.82, 2.24) is 0 Å². The number of carbonyl (C=O) groups is 2. The molecule has 150 valence electrons. The summed E-state index contributed by atoms with van der Waals surface area (Å²) in [7, 11) is 0. The molecule has 2 amide bonds. The minimum atomic E-state index is -4.90. The van der Waals surface area contributed by atoms with Crippen LogP contribution in [0.2, 0.25) is 5.02 Å². The number of thiophene rings is 1. The molecule has 2 N–H and O–H groups in total. The van der Waals surface area contributed by atoms with Gasteiger partial charge in [-0.25, -0.2) is 0 Å². The Morgan fingerprint density at radius 2 is 1.66 bits per heavy atom. The van der Waals surface area contributed by atoms with Gasteiger partial charge in [-0.05, 0) is 41.8 Å². The summed E-state index contributed by atoms with van der Waals surface area (Å²) in [4.78, 5) is 25.2. The first kappa shape index (κ1) is 20.7. The highest BCUT2D eigenvalue weighted by Gasteiger charge is 2.32. The Morgan fingerprint density at radius 1 is 0.931 bits per heavy atom. The standard InChI is InChI=1S/C19H12ClF3N2O3S/c20-12-8-7-11(10-14(12)25-18(27)16-6-3-9-29-16)17(26)24-13-4-1-2-5-15(13)28-19(21,22)23/h1-10H,(H,24,26)(H,25,27). The summed E-state index contributed by atoms with van der Waals surface area (Å²) in [6, 6.07) is 12.6. The lowest BCUT2D eigenvalue weighted by molar-refractivity contribution is -0.274. The SMILES string of the molecule is O=C(Nc1ccccc1OC(F)(F)F)c1ccc(Cl)c(NC(=O)c2cccs2)c1. The minimum absolute atomic E-state index is 0.0812. The number of rotatable bonds is 5. The van der Waals surface area contributed by atoms with Gasteiger partial charge in [0, 0.05) is 5.56 Å². The van der Waals surface area contributed by atoms with Gasteiger partial charge >= 0.3 is 6.36 Å². The molecule has 0 aliphatic carbocycles. The van der Waals surface area contributed by atoms with Crippen LogP contribution < -0.4 is 15.4 Å². The summed E-state index contributed by atoms with van der Waals surface area (Å²) in [6.45, 7) is 0. The highest BCUT2D eigenvalue weighted by atomic mass is 35.5. The van der Waals surface area contributed by atoms with Crippen molar-refractivity contribution < 1.29 is 27.5 Å². The quantitative estimate of drug-likeness (QED) is 0.526. The Labute approximate surface area is 172 Å². The number of anilines is 2. The van der Waals surface area contributed by atoms with Crippen LogP contribution >= 0.6 is 22.9 Å². The van der Waals surface area contributed by atoms with Gasteiger partial charge in [-0.2, -0.15) is 0 Å². The molecule has 2 aromatic carbocycles. The Hall–Kier alpha value is -3.04.